The van der Waals surface area contributed by atoms with Gasteiger partial charge in [0.05, 0.1) is 5.56 Å². The predicted molar refractivity (Wildman–Crippen MR) is 47.5 cm³/mol. The second kappa shape index (κ2) is 2.38. The Morgan fingerprint density at radius 3 is 2.83 bits per heavy atom. The van der Waals surface area contributed by atoms with Crippen molar-refractivity contribution >= 4 is 10.9 Å². The van der Waals surface area contributed by atoms with Crippen LogP contribution in [0.25, 0.3) is 10.9 Å². The van der Waals surface area contributed by atoms with E-state index in [9.17, 15) is 0 Å². The highest BCUT2D eigenvalue weighted by Gasteiger charge is 2.05. The number of nitriles is 1. The second-order valence-electron chi connectivity index (χ2n) is 2.64. The first-order valence-corrected chi connectivity index (χ1v) is 3.65. The summed E-state index contributed by atoms with van der Waals surface area (Å²) in [5, 5.41) is 9.74. The Morgan fingerprint density at radius 1 is 1.33 bits per heavy atom. The summed E-state index contributed by atoms with van der Waals surface area (Å²) in [5.74, 6) is 0. The maximum atomic E-state index is 8.80. The summed E-state index contributed by atoms with van der Waals surface area (Å²) >= 11 is 0. The van der Waals surface area contributed by atoms with Gasteiger partial charge in [0.25, 0.3) is 0 Å². The maximum absolute atomic E-state index is 8.80. The van der Waals surface area contributed by atoms with Crippen molar-refractivity contribution in [2.24, 2.45) is 0 Å². The molecule has 1 heterocycles. The smallest absolute Gasteiger partial charge is 0.102 e. The van der Waals surface area contributed by atoms with Crippen LogP contribution >= 0.6 is 0 Å². The lowest BCUT2D eigenvalue weighted by Gasteiger charge is -1.85. The van der Waals surface area contributed by atoms with E-state index in [1.54, 1.807) is 0 Å². The maximum Gasteiger partial charge on any atom is 0.102 e. The highest BCUT2D eigenvalue weighted by molar-refractivity contribution is 5.87. The Balaban J connectivity index is 2.93. The van der Waals surface area contributed by atoms with Crippen molar-refractivity contribution in [2.45, 2.75) is 0 Å². The molecule has 1 aromatic heterocycles. The first-order chi connectivity index (χ1) is 5.83. The van der Waals surface area contributed by atoms with Crippen LogP contribution in [0.5, 0.6) is 0 Å². The molecule has 57 valence electrons. The van der Waals surface area contributed by atoms with Crippen LogP contribution in [0.1, 0.15) is 11.3 Å². The number of hydrogen-bond acceptors (Lipinski definition) is 1. The van der Waals surface area contributed by atoms with Crippen molar-refractivity contribution in [3.05, 3.63) is 42.4 Å². The van der Waals surface area contributed by atoms with Crippen LogP contribution in [0.15, 0.2) is 24.3 Å². The van der Waals surface area contributed by atoms with E-state index in [1.165, 1.54) is 0 Å². The van der Waals surface area contributed by atoms with Gasteiger partial charge in [0, 0.05) is 16.6 Å². The van der Waals surface area contributed by atoms with E-state index in [0.717, 1.165) is 10.9 Å². The Bertz CT molecular complexity index is 460. The summed E-state index contributed by atoms with van der Waals surface area (Å²) in [4.78, 5) is 3.04. The average molecular weight is 155 g/mol. The van der Waals surface area contributed by atoms with E-state index in [-0.39, 0.29) is 0 Å². The summed E-state index contributed by atoms with van der Waals surface area (Å²) in [7, 11) is 0. The molecule has 2 aromatic rings. The van der Waals surface area contributed by atoms with E-state index < -0.39 is 0 Å². The number of benzene rings is 1. The molecular formula is C10H7N2. The van der Waals surface area contributed by atoms with E-state index in [0.29, 0.717) is 11.3 Å². The zero-order valence-corrected chi connectivity index (χ0v) is 6.46. The molecule has 0 unspecified atom stereocenters. The molecule has 1 N–H and O–H groups in total. The molecule has 0 bridgehead atoms. The highest BCUT2D eigenvalue weighted by Crippen LogP contribution is 2.20. The molecule has 0 saturated heterocycles. The van der Waals surface area contributed by atoms with Crippen molar-refractivity contribution < 1.29 is 0 Å². The topological polar surface area (TPSA) is 39.6 Å². The molecule has 12 heavy (non-hydrogen) atoms. The Morgan fingerprint density at radius 2 is 2.08 bits per heavy atom. The van der Waals surface area contributed by atoms with Crippen LogP contribution in [0, 0.1) is 18.3 Å². The zero-order valence-electron chi connectivity index (χ0n) is 6.46. The summed E-state index contributed by atoms with van der Waals surface area (Å²) < 4.78 is 0. The lowest BCUT2D eigenvalue weighted by atomic mass is 10.1. The van der Waals surface area contributed by atoms with E-state index in [2.05, 4.69) is 18.0 Å². The van der Waals surface area contributed by atoms with Crippen molar-refractivity contribution in [1.82, 2.24) is 4.98 Å². The molecule has 0 saturated carbocycles. The number of hydrogen-bond donors (Lipinski definition) is 1. The molecule has 1 radical (unpaired) electrons. The molecule has 0 spiro atoms. The monoisotopic (exact) mass is 155 g/mol. The molecule has 0 fully saturated rings. The standard InChI is InChI=1S/C10H7N2/c1-7-9(6-11)8-4-2-3-5-10(8)12-7/h2-5,12H,1H2. The Hall–Kier alpha value is -1.75. The molecule has 2 heteroatoms. The first-order valence-electron chi connectivity index (χ1n) is 3.65. The third-order valence-electron chi connectivity index (χ3n) is 1.90. The Kier molecular flexibility index (Phi) is 1.38. The Labute approximate surface area is 70.4 Å². The number of nitrogens with one attached hydrogen (secondary N) is 1. The third-order valence-corrected chi connectivity index (χ3v) is 1.90. The fraction of sp³-hybridized carbons (Fsp3) is 0. The van der Waals surface area contributed by atoms with Crippen molar-refractivity contribution in [1.29, 1.82) is 5.26 Å². The summed E-state index contributed by atoms with van der Waals surface area (Å²) in [6, 6.07) is 9.82. The van der Waals surface area contributed by atoms with Gasteiger partial charge in [-0.1, -0.05) is 18.2 Å². The van der Waals surface area contributed by atoms with Crippen LogP contribution in [-0.4, -0.2) is 4.98 Å². The lowest BCUT2D eigenvalue weighted by molar-refractivity contribution is 1.37. The number of para-hydroxylation sites is 1. The molecule has 0 atom stereocenters. The summed E-state index contributed by atoms with van der Waals surface area (Å²) in [6.07, 6.45) is 0. The molecule has 2 nitrogen and oxygen atoms in total. The molecule has 0 amide bonds. The largest absolute Gasteiger partial charge is 0.357 e. The normalized spacial score (nSPS) is 10.0. The molecule has 0 aliphatic heterocycles. The summed E-state index contributed by atoms with van der Waals surface area (Å²) in [5.41, 5.74) is 2.31. The average Bonchev–Trinajstić information content (AvgIpc) is 2.40. The third kappa shape index (κ3) is 0.802. The van der Waals surface area contributed by atoms with Crippen LogP contribution in [-0.2, 0) is 0 Å². The summed E-state index contributed by atoms with van der Waals surface area (Å²) in [6.45, 7) is 3.75. The van der Waals surface area contributed by atoms with Gasteiger partial charge in [0.2, 0.25) is 0 Å². The molecule has 0 aliphatic carbocycles. The van der Waals surface area contributed by atoms with Gasteiger partial charge in [0.1, 0.15) is 6.07 Å². The van der Waals surface area contributed by atoms with Gasteiger partial charge in [-0.05, 0) is 13.0 Å². The second-order valence-corrected chi connectivity index (χ2v) is 2.64. The van der Waals surface area contributed by atoms with Crippen molar-refractivity contribution in [2.75, 3.05) is 0 Å². The number of aromatic amines is 1. The molecule has 1 aromatic carbocycles. The zero-order chi connectivity index (χ0) is 8.55. The minimum absolute atomic E-state index is 0.644. The van der Waals surface area contributed by atoms with E-state index in [4.69, 9.17) is 5.26 Å². The van der Waals surface area contributed by atoms with Gasteiger partial charge in [-0.25, -0.2) is 0 Å². The number of fused-ring (bicyclic) bond motifs is 1. The predicted octanol–water partition coefficient (Wildman–Crippen LogP) is 2.22. The minimum atomic E-state index is 0.644. The fourth-order valence-electron chi connectivity index (χ4n) is 1.33. The van der Waals surface area contributed by atoms with Crippen LogP contribution in [0.3, 0.4) is 0 Å². The van der Waals surface area contributed by atoms with Crippen molar-refractivity contribution in [3.63, 3.8) is 0 Å². The number of aromatic nitrogens is 1. The SMILES string of the molecule is [CH2]c1[nH]c2ccccc2c1C#N. The van der Waals surface area contributed by atoms with Gasteiger partial charge in [-0.2, -0.15) is 5.26 Å². The fourth-order valence-corrected chi connectivity index (χ4v) is 1.33. The van der Waals surface area contributed by atoms with Gasteiger partial charge in [0.15, 0.2) is 0 Å². The number of nitrogens with zero attached hydrogens (tertiary/aromatic N) is 1. The lowest BCUT2D eigenvalue weighted by Crippen LogP contribution is -1.73. The van der Waals surface area contributed by atoms with Gasteiger partial charge < -0.3 is 4.98 Å². The molecular weight excluding hydrogens is 148 g/mol. The van der Waals surface area contributed by atoms with Gasteiger partial charge in [-0.15, -0.1) is 0 Å². The van der Waals surface area contributed by atoms with Gasteiger partial charge >= 0.3 is 0 Å². The quantitative estimate of drug-likeness (QED) is 0.622. The first kappa shape index (κ1) is 6.93. The van der Waals surface area contributed by atoms with E-state index in [1.807, 2.05) is 24.3 Å². The number of H-pyrrole nitrogens is 1. The van der Waals surface area contributed by atoms with Crippen LogP contribution < -0.4 is 0 Å². The van der Waals surface area contributed by atoms with Crippen LogP contribution in [0.2, 0.25) is 0 Å². The van der Waals surface area contributed by atoms with E-state index >= 15 is 0 Å². The van der Waals surface area contributed by atoms with Crippen LogP contribution in [0.4, 0.5) is 0 Å². The minimum Gasteiger partial charge on any atom is -0.357 e. The van der Waals surface area contributed by atoms with Gasteiger partial charge in [-0.3, -0.25) is 0 Å². The molecule has 0 aliphatic rings. The molecule has 2 rings (SSSR count). The highest BCUT2D eigenvalue weighted by atomic mass is 14.7. The number of rotatable bonds is 0. The van der Waals surface area contributed by atoms with Crippen molar-refractivity contribution in [3.8, 4) is 6.07 Å².